The van der Waals surface area contributed by atoms with E-state index >= 15 is 0 Å². The lowest BCUT2D eigenvalue weighted by Crippen LogP contribution is -2.52. The van der Waals surface area contributed by atoms with Crippen molar-refractivity contribution in [1.29, 1.82) is 0 Å². The lowest BCUT2D eigenvalue weighted by atomic mass is 10.0. The summed E-state index contributed by atoms with van der Waals surface area (Å²) in [5, 5.41) is 2.74. The van der Waals surface area contributed by atoms with E-state index < -0.39 is 11.9 Å². The molecule has 3 aliphatic heterocycles. The van der Waals surface area contributed by atoms with Crippen LogP contribution in [0.2, 0.25) is 5.02 Å². The van der Waals surface area contributed by atoms with E-state index in [0.29, 0.717) is 23.6 Å². The molecule has 3 heterocycles. The summed E-state index contributed by atoms with van der Waals surface area (Å²) < 4.78 is 0. The van der Waals surface area contributed by atoms with Gasteiger partial charge in [0.25, 0.3) is 5.91 Å². The molecule has 1 unspecified atom stereocenters. The van der Waals surface area contributed by atoms with Crippen LogP contribution in [-0.2, 0) is 16.1 Å². The molecule has 0 saturated carbocycles. The molecular formula is C18H21ClN4O3. The number of rotatable bonds is 2. The van der Waals surface area contributed by atoms with Crippen molar-refractivity contribution >= 4 is 35.0 Å². The maximum absolute atomic E-state index is 12.8. The summed E-state index contributed by atoms with van der Waals surface area (Å²) in [6.45, 7) is 4.14. The van der Waals surface area contributed by atoms with E-state index in [9.17, 15) is 14.4 Å². The zero-order chi connectivity index (χ0) is 18.4. The van der Waals surface area contributed by atoms with Crippen molar-refractivity contribution in [3.8, 4) is 0 Å². The van der Waals surface area contributed by atoms with Crippen LogP contribution in [0.15, 0.2) is 12.1 Å². The summed E-state index contributed by atoms with van der Waals surface area (Å²) >= 11 is 6.44. The predicted molar refractivity (Wildman–Crippen MR) is 97.2 cm³/mol. The molecule has 3 aliphatic rings. The first-order valence-corrected chi connectivity index (χ1v) is 9.22. The number of likely N-dealkylation sites (N-methyl/N-ethyl adjacent to an activating group) is 1. The number of benzene rings is 1. The maximum atomic E-state index is 12.8. The Morgan fingerprint density at radius 3 is 2.54 bits per heavy atom. The van der Waals surface area contributed by atoms with Crippen molar-refractivity contribution in [1.82, 2.24) is 15.1 Å². The number of fused-ring (bicyclic) bond motifs is 1. The van der Waals surface area contributed by atoms with Crippen LogP contribution in [0.3, 0.4) is 0 Å². The van der Waals surface area contributed by atoms with Crippen molar-refractivity contribution < 1.29 is 14.4 Å². The Morgan fingerprint density at radius 1 is 1.12 bits per heavy atom. The molecule has 8 heteroatoms. The number of piperazine rings is 1. The summed E-state index contributed by atoms with van der Waals surface area (Å²) in [6.07, 6.45) is 0.601. The van der Waals surface area contributed by atoms with Gasteiger partial charge in [-0.25, -0.2) is 0 Å². The molecule has 1 aromatic rings. The molecule has 1 N–H and O–H groups in total. The second-order valence-corrected chi connectivity index (χ2v) is 7.56. The van der Waals surface area contributed by atoms with Crippen molar-refractivity contribution in [2.75, 3.05) is 38.1 Å². The maximum Gasteiger partial charge on any atom is 0.256 e. The third-order valence-corrected chi connectivity index (χ3v) is 5.72. The van der Waals surface area contributed by atoms with Gasteiger partial charge < -0.3 is 14.7 Å². The Labute approximate surface area is 156 Å². The molecule has 3 amide bonds. The first-order valence-electron chi connectivity index (χ1n) is 8.84. The van der Waals surface area contributed by atoms with E-state index in [4.69, 9.17) is 11.6 Å². The molecule has 4 rings (SSSR count). The minimum absolute atomic E-state index is 0.232. The monoisotopic (exact) mass is 376 g/mol. The number of hydrogen-bond acceptors (Lipinski definition) is 5. The molecule has 0 spiro atoms. The summed E-state index contributed by atoms with van der Waals surface area (Å²) in [6, 6.07) is 3.24. The first kappa shape index (κ1) is 17.3. The number of amides is 3. The highest BCUT2D eigenvalue weighted by Crippen LogP contribution is 2.36. The van der Waals surface area contributed by atoms with E-state index in [1.54, 1.807) is 0 Å². The highest BCUT2D eigenvalue weighted by Gasteiger charge is 2.40. The van der Waals surface area contributed by atoms with Gasteiger partial charge in [-0.05, 0) is 31.2 Å². The molecule has 1 atom stereocenters. The molecule has 1 aromatic carbocycles. The predicted octanol–water partition coefficient (Wildman–Crippen LogP) is 0.853. The summed E-state index contributed by atoms with van der Waals surface area (Å²) in [5.41, 5.74) is 2.34. The van der Waals surface area contributed by atoms with Gasteiger partial charge in [-0.15, -0.1) is 0 Å². The van der Waals surface area contributed by atoms with Crippen LogP contribution in [0.25, 0.3) is 0 Å². The zero-order valence-corrected chi connectivity index (χ0v) is 15.4. The average molecular weight is 377 g/mol. The number of anilines is 1. The smallest absolute Gasteiger partial charge is 0.256 e. The van der Waals surface area contributed by atoms with Crippen LogP contribution in [0.1, 0.15) is 28.8 Å². The number of nitrogens with zero attached hydrogens (tertiary/aromatic N) is 3. The second kappa shape index (κ2) is 6.55. The third-order valence-electron chi connectivity index (χ3n) is 5.43. The molecule has 2 fully saturated rings. The van der Waals surface area contributed by atoms with Crippen LogP contribution >= 0.6 is 11.6 Å². The van der Waals surface area contributed by atoms with E-state index in [-0.39, 0.29) is 18.2 Å². The Morgan fingerprint density at radius 2 is 1.85 bits per heavy atom. The van der Waals surface area contributed by atoms with Crippen LogP contribution in [0.4, 0.5) is 5.69 Å². The summed E-state index contributed by atoms with van der Waals surface area (Å²) in [4.78, 5) is 42.4. The fraction of sp³-hybridized carbons (Fsp3) is 0.500. The van der Waals surface area contributed by atoms with Crippen LogP contribution in [0.5, 0.6) is 0 Å². The lowest BCUT2D eigenvalue weighted by Gasteiger charge is -2.34. The SMILES string of the molecule is CN1CCN(c2cc(Cl)c3c(c2)CN(C2CCC(=O)NC2=O)C3=O)CC1. The van der Waals surface area contributed by atoms with Crippen molar-refractivity contribution in [2.24, 2.45) is 0 Å². The lowest BCUT2D eigenvalue weighted by molar-refractivity contribution is -0.136. The van der Waals surface area contributed by atoms with Gasteiger partial charge in [0.2, 0.25) is 11.8 Å². The number of nitrogens with one attached hydrogen (secondary N) is 1. The highest BCUT2D eigenvalue weighted by atomic mass is 35.5. The average Bonchev–Trinajstić information content (AvgIpc) is 2.92. The Kier molecular flexibility index (Phi) is 4.36. The van der Waals surface area contributed by atoms with Crippen molar-refractivity contribution in [2.45, 2.75) is 25.4 Å². The minimum atomic E-state index is -0.615. The van der Waals surface area contributed by atoms with Gasteiger partial charge in [-0.3, -0.25) is 19.7 Å². The molecule has 0 bridgehead atoms. The highest BCUT2D eigenvalue weighted by molar-refractivity contribution is 6.34. The molecule has 0 aliphatic carbocycles. The number of hydrogen-bond donors (Lipinski definition) is 1. The van der Waals surface area contributed by atoms with Crippen molar-refractivity contribution in [3.05, 3.63) is 28.3 Å². The largest absolute Gasteiger partial charge is 0.369 e. The van der Waals surface area contributed by atoms with Gasteiger partial charge >= 0.3 is 0 Å². The Hall–Kier alpha value is -2.12. The van der Waals surface area contributed by atoms with Crippen LogP contribution in [-0.4, -0.2) is 66.8 Å². The molecule has 7 nitrogen and oxygen atoms in total. The fourth-order valence-electron chi connectivity index (χ4n) is 3.89. The minimum Gasteiger partial charge on any atom is -0.369 e. The number of halogens is 1. The van der Waals surface area contributed by atoms with E-state index in [1.807, 2.05) is 12.1 Å². The topological polar surface area (TPSA) is 73.0 Å². The van der Waals surface area contributed by atoms with E-state index in [0.717, 1.165) is 37.4 Å². The molecular weight excluding hydrogens is 356 g/mol. The quantitative estimate of drug-likeness (QED) is 0.775. The summed E-state index contributed by atoms with van der Waals surface area (Å²) in [7, 11) is 2.10. The van der Waals surface area contributed by atoms with Crippen molar-refractivity contribution in [3.63, 3.8) is 0 Å². The van der Waals surface area contributed by atoms with Gasteiger partial charge in [-0.1, -0.05) is 11.6 Å². The standard InChI is InChI=1S/C18H21ClN4O3/c1-21-4-6-22(7-5-21)12-8-11-10-23(18(26)16(11)13(19)9-12)14-2-3-15(24)20-17(14)25/h8-9,14H,2-7,10H2,1H3,(H,20,24,25). The third kappa shape index (κ3) is 2.95. The van der Waals surface area contributed by atoms with E-state index in [1.165, 1.54) is 4.90 Å². The number of piperidine rings is 1. The molecule has 26 heavy (non-hydrogen) atoms. The number of imide groups is 1. The summed E-state index contributed by atoms with van der Waals surface area (Å²) in [5.74, 6) is -0.923. The molecule has 0 radical (unpaired) electrons. The van der Waals surface area contributed by atoms with Crippen LogP contribution < -0.4 is 10.2 Å². The fourth-order valence-corrected chi connectivity index (χ4v) is 4.20. The molecule has 0 aromatic heterocycles. The van der Waals surface area contributed by atoms with Gasteiger partial charge in [0.15, 0.2) is 0 Å². The second-order valence-electron chi connectivity index (χ2n) is 7.15. The van der Waals surface area contributed by atoms with Gasteiger partial charge in [-0.2, -0.15) is 0 Å². The first-order chi connectivity index (χ1) is 12.4. The number of carbonyl (C=O) groups excluding carboxylic acids is 3. The Bertz CT molecular complexity index is 789. The number of carbonyl (C=O) groups is 3. The molecule has 2 saturated heterocycles. The molecule has 138 valence electrons. The van der Waals surface area contributed by atoms with Gasteiger partial charge in [0, 0.05) is 44.8 Å². The Balaban J connectivity index is 1.59. The van der Waals surface area contributed by atoms with Gasteiger partial charge in [0.1, 0.15) is 6.04 Å². The normalized spacial score (nSPS) is 24.1. The van der Waals surface area contributed by atoms with Gasteiger partial charge in [0.05, 0.1) is 10.6 Å². The van der Waals surface area contributed by atoms with E-state index in [2.05, 4.69) is 22.2 Å². The van der Waals surface area contributed by atoms with Crippen LogP contribution in [0, 0.1) is 0 Å². The zero-order valence-electron chi connectivity index (χ0n) is 14.6.